The smallest absolute Gasteiger partial charge is 0.141 e. The van der Waals surface area contributed by atoms with Crippen LogP contribution < -0.4 is 5.32 Å². The first-order valence-electron chi connectivity index (χ1n) is 6.82. The van der Waals surface area contributed by atoms with Crippen molar-refractivity contribution in [1.82, 2.24) is 15.2 Å². The monoisotopic (exact) mass is 267 g/mol. The zero-order chi connectivity index (χ0) is 13.7. The Labute approximate surface area is 114 Å². The van der Waals surface area contributed by atoms with Gasteiger partial charge in [-0.25, -0.2) is 4.39 Å². The lowest BCUT2D eigenvalue weighted by Gasteiger charge is -2.30. The van der Waals surface area contributed by atoms with Gasteiger partial charge >= 0.3 is 0 Å². The van der Waals surface area contributed by atoms with Crippen molar-refractivity contribution in [3.63, 3.8) is 0 Å². The van der Waals surface area contributed by atoms with Gasteiger partial charge in [-0.3, -0.25) is 9.88 Å². The molecule has 1 saturated heterocycles. The number of rotatable bonds is 5. The Balaban J connectivity index is 1.82. The molecule has 1 aromatic rings. The van der Waals surface area contributed by atoms with Crippen LogP contribution in [0.25, 0.3) is 0 Å². The quantitative estimate of drug-likeness (QED) is 0.879. The summed E-state index contributed by atoms with van der Waals surface area (Å²) in [5.74, 6) is -0.285. The molecule has 1 aromatic heterocycles. The SMILES string of the molecule is CC(CN1CCOCC1)NC(C)c1cncc(F)c1. The molecule has 0 bridgehead atoms. The molecule has 0 saturated carbocycles. The van der Waals surface area contributed by atoms with Crippen LogP contribution in [0.2, 0.25) is 0 Å². The van der Waals surface area contributed by atoms with Crippen LogP contribution in [0.3, 0.4) is 0 Å². The van der Waals surface area contributed by atoms with Gasteiger partial charge in [0.15, 0.2) is 0 Å². The molecule has 2 rings (SSSR count). The summed E-state index contributed by atoms with van der Waals surface area (Å²) in [4.78, 5) is 6.27. The summed E-state index contributed by atoms with van der Waals surface area (Å²) in [7, 11) is 0. The van der Waals surface area contributed by atoms with Crippen molar-refractivity contribution >= 4 is 0 Å². The van der Waals surface area contributed by atoms with Crippen LogP contribution in [0.1, 0.15) is 25.5 Å². The molecule has 1 aliphatic rings. The van der Waals surface area contributed by atoms with Crippen molar-refractivity contribution in [1.29, 1.82) is 0 Å². The summed E-state index contributed by atoms with van der Waals surface area (Å²) in [6.45, 7) is 8.78. The fourth-order valence-corrected chi connectivity index (χ4v) is 2.41. The van der Waals surface area contributed by atoms with Gasteiger partial charge in [-0.2, -0.15) is 0 Å². The first-order chi connectivity index (χ1) is 9.15. The van der Waals surface area contributed by atoms with Crippen LogP contribution in [0.5, 0.6) is 0 Å². The zero-order valence-corrected chi connectivity index (χ0v) is 11.6. The third kappa shape index (κ3) is 4.53. The van der Waals surface area contributed by atoms with E-state index in [9.17, 15) is 4.39 Å². The number of morpholine rings is 1. The van der Waals surface area contributed by atoms with Crippen molar-refractivity contribution in [2.24, 2.45) is 0 Å². The van der Waals surface area contributed by atoms with Gasteiger partial charge in [0.05, 0.1) is 19.4 Å². The maximum Gasteiger partial charge on any atom is 0.141 e. The predicted octanol–water partition coefficient (Wildman–Crippen LogP) is 1.59. The Morgan fingerprint density at radius 3 is 2.79 bits per heavy atom. The summed E-state index contributed by atoms with van der Waals surface area (Å²) in [5.41, 5.74) is 0.883. The number of ether oxygens (including phenoxy) is 1. The Morgan fingerprint density at radius 1 is 1.37 bits per heavy atom. The number of hydrogen-bond acceptors (Lipinski definition) is 4. The molecule has 1 aliphatic heterocycles. The second kappa shape index (κ2) is 6.93. The van der Waals surface area contributed by atoms with Crippen LogP contribution in [0, 0.1) is 5.82 Å². The van der Waals surface area contributed by atoms with Gasteiger partial charge in [-0.15, -0.1) is 0 Å². The molecular weight excluding hydrogens is 245 g/mol. The third-order valence-electron chi connectivity index (χ3n) is 3.40. The second-order valence-corrected chi connectivity index (χ2v) is 5.14. The predicted molar refractivity (Wildman–Crippen MR) is 72.5 cm³/mol. The number of aromatic nitrogens is 1. The molecule has 2 heterocycles. The number of halogens is 1. The number of pyridine rings is 1. The Hall–Kier alpha value is -1.04. The minimum atomic E-state index is -0.285. The minimum Gasteiger partial charge on any atom is -0.379 e. The van der Waals surface area contributed by atoms with E-state index in [1.165, 1.54) is 12.3 Å². The van der Waals surface area contributed by atoms with Crippen LogP contribution in [-0.4, -0.2) is 48.8 Å². The van der Waals surface area contributed by atoms with Crippen LogP contribution in [0.15, 0.2) is 18.5 Å². The van der Waals surface area contributed by atoms with Gasteiger partial charge < -0.3 is 10.1 Å². The molecule has 0 spiro atoms. The highest BCUT2D eigenvalue weighted by atomic mass is 19.1. The third-order valence-corrected chi connectivity index (χ3v) is 3.40. The summed E-state index contributed by atoms with van der Waals surface area (Å²) in [5, 5.41) is 3.48. The van der Waals surface area contributed by atoms with Gasteiger partial charge in [0, 0.05) is 37.9 Å². The Bertz CT molecular complexity index is 396. The highest BCUT2D eigenvalue weighted by Crippen LogP contribution is 2.13. The zero-order valence-electron chi connectivity index (χ0n) is 11.6. The summed E-state index contributed by atoms with van der Waals surface area (Å²) < 4.78 is 18.5. The first-order valence-corrected chi connectivity index (χ1v) is 6.82. The minimum absolute atomic E-state index is 0.0965. The number of hydrogen-bond donors (Lipinski definition) is 1. The molecule has 1 fully saturated rings. The molecule has 4 nitrogen and oxygen atoms in total. The standard InChI is InChI=1S/C14H22FN3O/c1-11(10-18-3-5-19-6-4-18)17-12(2)13-7-14(15)9-16-8-13/h7-9,11-12,17H,3-6,10H2,1-2H3. The lowest BCUT2D eigenvalue weighted by molar-refractivity contribution is 0.0339. The van der Waals surface area contributed by atoms with E-state index in [2.05, 4.69) is 22.1 Å². The van der Waals surface area contributed by atoms with E-state index >= 15 is 0 Å². The van der Waals surface area contributed by atoms with Crippen molar-refractivity contribution in [3.8, 4) is 0 Å². The van der Waals surface area contributed by atoms with Crippen LogP contribution in [0.4, 0.5) is 4.39 Å². The number of nitrogens with zero attached hydrogens (tertiary/aromatic N) is 2. The van der Waals surface area contributed by atoms with Crippen molar-refractivity contribution in [2.75, 3.05) is 32.8 Å². The molecular formula is C14H22FN3O. The highest BCUT2D eigenvalue weighted by Gasteiger charge is 2.16. The van der Waals surface area contributed by atoms with E-state index < -0.39 is 0 Å². The lowest BCUT2D eigenvalue weighted by atomic mass is 10.1. The van der Waals surface area contributed by atoms with Crippen molar-refractivity contribution < 1.29 is 9.13 Å². The van der Waals surface area contributed by atoms with Gasteiger partial charge in [0.1, 0.15) is 5.82 Å². The van der Waals surface area contributed by atoms with Gasteiger partial charge in [0.2, 0.25) is 0 Å². The number of nitrogens with one attached hydrogen (secondary N) is 1. The topological polar surface area (TPSA) is 37.4 Å². The second-order valence-electron chi connectivity index (χ2n) is 5.14. The molecule has 0 radical (unpaired) electrons. The van der Waals surface area contributed by atoms with E-state index in [0.717, 1.165) is 38.4 Å². The van der Waals surface area contributed by atoms with E-state index in [1.54, 1.807) is 6.20 Å². The normalized spacial score (nSPS) is 20.2. The molecule has 19 heavy (non-hydrogen) atoms. The van der Waals surface area contributed by atoms with Gasteiger partial charge in [-0.1, -0.05) is 0 Å². The molecule has 2 atom stereocenters. The average molecular weight is 267 g/mol. The lowest BCUT2D eigenvalue weighted by Crippen LogP contribution is -2.45. The molecule has 5 heteroatoms. The molecule has 0 aromatic carbocycles. The fraction of sp³-hybridized carbons (Fsp3) is 0.643. The Kier molecular flexibility index (Phi) is 5.24. The summed E-state index contributed by atoms with van der Waals surface area (Å²) >= 11 is 0. The fourth-order valence-electron chi connectivity index (χ4n) is 2.41. The molecule has 0 amide bonds. The molecule has 0 aliphatic carbocycles. The Morgan fingerprint density at radius 2 is 2.11 bits per heavy atom. The van der Waals surface area contributed by atoms with Crippen LogP contribution >= 0.6 is 0 Å². The average Bonchev–Trinajstić information content (AvgIpc) is 2.39. The van der Waals surface area contributed by atoms with E-state index in [4.69, 9.17) is 4.74 Å². The maximum atomic E-state index is 13.1. The van der Waals surface area contributed by atoms with E-state index in [0.29, 0.717) is 6.04 Å². The molecule has 1 N–H and O–H groups in total. The molecule has 106 valence electrons. The van der Waals surface area contributed by atoms with Crippen LogP contribution in [-0.2, 0) is 4.74 Å². The van der Waals surface area contributed by atoms with Crippen molar-refractivity contribution in [2.45, 2.75) is 25.9 Å². The largest absolute Gasteiger partial charge is 0.379 e. The maximum absolute atomic E-state index is 13.1. The van der Waals surface area contributed by atoms with E-state index in [-0.39, 0.29) is 11.9 Å². The van der Waals surface area contributed by atoms with Crippen molar-refractivity contribution in [3.05, 3.63) is 29.8 Å². The first kappa shape index (κ1) is 14.4. The van der Waals surface area contributed by atoms with Gasteiger partial charge in [-0.05, 0) is 25.5 Å². The van der Waals surface area contributed by atoms with Gasteiger partial charge in [0.25, 0.3) is 0 Å². The highest BCUT2D eigenvalue weighted by molar-refractivity contribution is 5.14. The molecule has 2 unspecified atom stereocenters. The summed E-state index contributed by atoms with van der Waals surface area (Å²) in [6.07, 6.45) is 2.94. The van der Waals surface area contributed by atoms with E-state index in [1.807, 2.05) is 6.92 Å². The summed E-state index contributed by atoms with van der Waals surface area (Å²) in [6, 6.07) is 1.97.